The van der Waals surface area contributed by atoms with Gasteiger partial charge in [-0.05, 0) is 90.3 Å². The van der Waals surface area contributed by atoms with Crippen LogP contribution in [0.25, 0.3) is 66.1 Å². The van der Waals surface area contributed by atoms with E-state index in [1.54, 1.807) is 14.2 Å². The molecule has 0 aliphatic heterocycles. The Hall–Kier alpha value is -4.56. The Morgan fingerprint density at radius 2 is 0.861 bits per heavy atom. The lowest BCUT2D eigenvalue weighted by atomic mass is 9.82. The summed E-state index contributed by atoms with van der Waals surface area (Å²) in [4.78, 5) is 0. The molecule has 0 spiro atoms. The zero-order chi connectivity index (χ0) is 24.2. The summed E-state index contributed by atoms with van der Waals surface area (Å²) in [6.07, 6.45) is 0. The first-order valence-electron chi connectivity index (χ1n) is 12.2. The normalized spacial score (nSPS) is 11.6. The molecule has 2 nitrogen and oxygen atoms in total. The number of methoxy groups -OCH3 is 2. The minimum absolute atomic E-state index is 0.861. The number of benzene rings is 6. The monoisotopic (exact) mass is 464 g/mol. The molecule has 7 rings (SSSR count). The van der Waals surface area contributed by atoms with Crippen LogP contribution in [-0.4, -0.2) is 14.2 Å². The van der Waals surface area contributed by atoms with E-state index in [2.05, 4.69) is 109 Å². The fourth-order valence-corrected chi connectivity index (χ4v) is 5.85. The van der Waals surface area contributed by atoms with Crippen molar-refractivity contribution in [1.82, 2.24) is 0 Å². The molecule has 0 heterocycles. The first-order chi connectivity index (χ1) is 17.8. The largest absolute Gasteiger partial charge is 0.497 e. The Morgan fingerprint density at radius 3 is 1.28 bits per heavy atom. The Bertz CT molecular complexity index is 1650. The van der Waals surface area contributed by atoms with Crippen LogP contribution in [0.2, 0.25) is 0 Å². The summed E-state index contributed by atoms with van der Waals surface area (Å²) in [6, 6.07) is 39.0. The second kappa shape index (κ2) is 8.00. The standard InChI is InChI=1S/C34H24O2/c1-35-24-17-13-22(14-18-24)31-26-9-3-4-10-27(26)32(23-15-19-25(36-2)20-16-23)34-29-12-6-8-21-7-5-11-28(30(21)29)33(31)34/h3-20H,1-2H3. The van der Waals surface area contributed by atoms with Gasteiger partial charge in [0, 0.05) is 0 Å². The van der Waals surface area contributed by atoms with Gasteiger partial charge < -0.3 is 9.47 Å². The number of hydrogen-bond acceptors (Lipinski definition) is 2. The second-order valence-electron chi connectivity index (χ2n) is 9.21. The Kier molecular flexibility index (Phi) is 4.62. The van der Waals surface area contributed by atoms with Crippen molar-refractivity contribution in [2.24, 2.45) is 0 Å². The highest BCUT2D eigenvalue weighted by atomic mass is 16.5. The van der Waals surface area contributed by atoms with Crippen LogP contribution in [0.3, 0.4) is 0 Å². The lowest BCUT2D eigenvalue weighted by Crippen LogP contribution is -1.94. The molecule has 0 radical (unpaired) electrons. The molecule has 2 heteroatoms. The highest BCUT2D eigenvalue weighted by molar-refractivity contribution is 6.27. The minimum atomic E-state index is 0.861. The maximum Gasteiger partial charge on any atom is 0.118 e. The van der Waals surface area contributed by atoms with Gasteiger partial charge in [-0.1, -0.05) is 84.9 Å². The van der Waals surface area contributed by atoms with Gasteiger partial charge in [0.1, 0.15) is 11.5 Å². The van der Waals surface area contributed by atoms with E-state index in [0.29, 0.717) is 0 Å². The van der Waals surface area contributed by atoms with E-state index in [1.807, 2.05) is 0 Å². The predicted molar refractivity (Wildman–Crippen MR) is 150 cm³/mol. The molecular formula is C34H24O2. The van der Waals surface area contributed by atoms with Crippen molar-refractivity contribution in [3.8, 4) is 56.0 Å². The SMILES string of the molecule is COc1ccc(-c2c3c(c(-c4ccc(OC)cc4)c4ccccc24)-c2cccc4cccc-3c24)cc1. The molecule has 0 N–H and O–H groups in total. The lowest BCUT2D eigenvalue weighted by molar-refractivity contribution is 0.415. The third kappa shape index (κ3) is 2.91. The average Bonchev–Trinajstić information content (AvgIpc) is 3.27. The van der Waals surface area contributed by atoms with E-state index in [0.717, 1.165) is 11.5 Å². The van der Waals surface area contributed by atoms with Crippen LogP contribution in [0.5, 0.6) is 11.5 Å². The van der Waals surface area contributed by atoms with Gasteiger partial charge in [-0.15, -0.1) is 0 Å². The molecule has 0 bridgehead atoms. The molecule has 1 aliphatic carbocycles. The smallest absolute Gasteiger partial charge is 0.118 e. The van der Waals surface area contributed by atoms with Crippen LogP contribution in [0.15, 0.2) is 109 Å². The van der Waals surface area contributed by atoms with Crippen molar-refractivity contribution in [1.29, 1.82) is 0 Å². The fraction of sp³-hybridized carbons (Fsp3) is 0.0588. The molecule has 172 valence electrons. The summed E-state index contributed by atoms with van der Waals surface area (Å²) in [6.45, 7) is 0. The van der Waals surface area contributed by atoms with Crippen molar-refractivity contribution < 1.29 is 9.47 Å². The van der Waals surface area contributed by atoms with Crippen LogP contribution >= 0.6 is 0 Å². The zero-order valence-corrected chi connectivity index (χ0v) is 20.2. The molecule has 0 amide bonds. The van der Waals surface area contributed by atoms with E-state index in [9.17, 15) is 0 Å². The van der Waals surface area contributed by atoms with Crippen molar-refractivity contribution in [2.75, 3.05) is 14.2 Å². The molecule has 0 unspecified atom stereocenters. The summed E-state index contributed by atoms with van der Waals surface area (Å²) in [5.74, 6) is 1.72. The van der Waals surface area contributed by atoms with Gasteiger partial charge in [-0.25, -0.2) is 0 Å². The summed E-state index contributed by atoms with van der Waals surface area (Å²) >= 11 is 0. The van der Waals surface area contributed by atoms with Gasteiger partial charge in [0.05, 0.1) is 14.2 Å². The fourth-order valence-electron chi connectivity index (χ4n) is 5.85. The highest BCUT2D eigenvalue weighted by Gasteiger charge is 2.30. The van der Waals surface area contributed by atoms with Gasteiger partial charge in [-0.3, -0.25) is 0 Å². The van der Waals surface area contributed by atoms with Crippen molar-refractivity contribution in [3.63, 3.8) is 0 Å². The Balaban J connectivity index is 1.68. The van der Waals surface area contributed by atoms with Gasteiger partial charge in [0.25, 0.3) is 0 Å². The summed E-state index contributed by atoms with van der Waals surface area (Å²) in [5.41, 5.74) is 10.1. The van der Waals surface area contributed by atoms with Crippen LogP contribution in [-0.2, 0) is 0 Å². The lowest BCUT2D eigenvalue weighted by Gasteiger charge is -2.20. The minimum Gasteiger partial charge on any atom is -0.497 e. The molecule has 0 aromatic heterocycles. The Labute approximate surface area is 210 Å². The molecular weight excluding hydrogens is 440 g/mol. The predicted octanol–water partition coefficient (Wildman–Crippen LogP) is 8.99. The third-order valence-electron chi connectivity index (χ3n) is 7.42. The quantitative estimate of drug-likeness (QED) is 0.259. The van der Waals surface area contributed by atoms with Gasteiger partial charge >= 0.3 is 0 Å². The third-order valence-corrected chi connectivity index (χ3v) is 7.42. The van der Waals surface area contributed by atoms with Gasteiger partial charge in [-0.2, -0.15) is 0 Å². The van der Waals surface area contributed by atoms with E-state index in [-0.39, 0.29) is 0 Å². The highest BCUT2D eigenvalue weighted by Crippen LogP contribution is 2.57. The summed E-state index contributed by atoms with van der Waals surface area (Å²) in [5, 5.41) is 5.09. The summed E-state index contributed by atoms with van der Waals surface area (Å²) < 4.78 is 10.9. The van der Waals surface area contributed by atoms with Crippen LogP contribution < -0.4 is 9.47 Å². The first kappa shape index (κ1) is 20.8. The molecule has 0 saturated heterocycles. The topological polar surface area (TPSA) is 18.5 Å². The van der Waals surface area contributed by atoms with Crippen molar-refractivity contribution in [3.05, 3.63) is 109 Å². The first-order valence-corrected chi connectivity index (χ1v) is 12.2. The number of ether oxygens (including phenoxy) is 2. The molecule has 36 heavy (non-hydrogen) atoms. The average molecular weight is 465 g/mol. The van der Waals surface area contributed by atoms with E-state index in [1.165, 1.54) is 66.1 Å². The van der Waals surface area contributed by atoms with E-state index < -0.39 is 0 Å². The van der Waals surface area contributed by atoms with Crippen molar-refractivity contribution >= 4 is 21.5 Å². The van der Waals surface area contributed by atoms with Crippen LogP contribution in [0.1, 0.15) is 0 Å². The van der Waals surface area contributed by atoms with Gasteiger partial charge in [0.2, 0.25) is 0 Å². The summed E-state index contributed by atoms with van der Waals surface area (Å²) in [7, 11) is 3.42. The second-order valence-corrected chi connectivity index (χ2v) is 9.21. The maximum atomic E-state index is 5.47. The maximum absolute atomic E-state index is 5.47. The van der Waals surface area contributed by atoms with E-state index in [4.69, 9.17) is 9.47 Å². The van der Waals surface area contributed by atoms with Gasteiger partial charge in [0.15, 0.2) is 0 Å². The number of rotatable bonds is 4. The Morgan fingerprint density at radius 1 is 0.417 bits per heavy atom. The molecule has 0 fully saturated rings. The molecule has 1 aliphatic rings. The number of fused-ring (bicyclic) bond motifs is 4. The number of hydrogen-bond donors (Lipinski definition) is 0. The molecule has 0 saturated carbocycles. The molecule has 0 atom stereocenters. The van der Waals surface area contributed by atoms with Crippen LogP contribution in [0, 0.1) is 0 Å². The van der Waals surface area contributed by atoms with E-state index >= 15 is 0 Å². The van der Waals surface area contributed by atoms with Crippen LogP contribution in [0.4, 0.5) is 0 Å². The van der Waals surface area contributed by atoms with Crippen molar-refractivity contribution in [2.45, 2.75) is 0 Å². The molecule has 6 aromatic rings. The molecule has 6 aromatic carbocycles. The zero-order valence-electron chi connectivity index (χ0n) is 20.2.